The van der Waals surface area contributed by atoms with Gasteiger partial charge in [0.2, 0.25) is 0 Å². The summed E-state index contributed by atoms with van der Waals surface area (Å²) in [6.07, 6.45) is 0.375. The zero-order valence-electron chi connectivity index (χ0n) is 9.83. The van der Waals surface area contributed by atoms with Crippen molar-refractivity contribution in [3.05, 3.63) is 34.2 Å². The van der Waals surface area contributed by atoms with Gasteiger partial charge in [0.05, 0.1) is 20.3 Å². The second-order valence-corrected chi connectivity index (χ2v) is 3.35. The fraction of sp³-hybridized carbons (Fsp3) is 0.455. The van der Waals surface area contributed by atoms with Crippen molar-refractivity contribution in [3.63, 3.8) is 0 Å². The molecule has 17 heavy (non-hydrogen) atoms. The summed E-state index contributed by atoms with van der Waals surface area (Å²) in [5.41, 5.74) is 9.26. The van der Waals surface area contributed by atoms with Crippen LogP contribution in [0.1, 0.15) is 18.0 Å². The first kappa shape index (κ1) is 13.2. The van der Waals surface area contributed by atoms with E-state index in [1.807, 2.05) is 0 Å². The molecule has 1 aromatic carbocycles. The average molecular weight is 237 g/mol. The lowest BCUT2D eigenvalue weighted by Gasteiger charge is -2.13. The van der Waals surface area contributed by atoms with E-state index in [0.29, 0.717) is 17.9 Å². The van der Waals surface area contributed by atoms with Crippen LogP contribution >= 0.6 is 0 Å². The SMILES string of the molecule is COc1ccc(C(CCO)N=[N+]=[N-])cc1OC. The minimum absolute atomic E-state index is 0.0436. The van der Waals surface area contributed by atoms with Crippen molar-refractivity contribution in [1.82, 2.24) is 0 Å². The van der Waals surface area contributed by atoms with E-state index in [-0.39, 0.29) is 6.61 Å². The molecule has 0 aromatic heterocycles. The van der Waals surface area contributed by atoms with Crippen LogP contribution in [0.5, 0.6) is 11.5 Å². The Kier molecular flexibility index (Phi) is 5.13. The molecule has 6 nitrogen and oxygen atoms in total. The van der Waals surface area contributed by atoms with Gasteiger partial charge in [-0.15, -0.1) is 0 Å². The third kappa shape index (κ3) is 3.27. The number of methoxy groups -OCH3 is 2. The molecular weight excluding hydrogens is 222 g/mol. The Bertz CT molecular complexity index is 416. The molecule has 0 aliphatic heterocycles. The highest BCUT2D eigenvalue weighted by molar-refractivity contribution is 5.43. The molecule has 0 aliphatic rings. The quantitative estimate of drug-likeness (QED) is 0.468. The molecule has 0 fully saturated rings. The normalized spacial score (nSPS) is 11.5. The van der Waals surface area contributed by atoms with E-state index >= 15 is 0 Å². The van der Waals surface area contributed by atoms with Crippen molar-refractivity contribution in [3.8, 4) is 11.5 Å². The van der Waals surface area contributed by atoms with E-state index in [4.69, 9.17) is 20.1 Å². The monoisotopic (exact) mass is 237 g/mol. The molecule has 1 N–H and O–H groups in total. The largest absolute Gasteiger partial charge is 0.493 e. The van der Waals surface area contributed by atoms with Crippen LogP contribution in [-0.2, 0) is 0 Å². The number of aliphatic hydroxyl groups is 1. The second-order valence-electron chi connectivity index (χ2n) is 3.35. The van der Waals surface area contributed by atoms with Gasteiger partial charge in [-0.1, -0.05) is 11.2 Å². The number of azide groups is 1. The van der Waals surface area contributed by atoms with E-state index in [1.165, 1.54) is 7.11 Å². The Morgan fingerprint density at radius 2 is 2.06 bits per heavy atom. The maximum atomic E-state index is 8.91. The van der Waals surface area contributed by atoms with Crippen LogP contribution in [0.3, 0.4) is 0 Å². The van der Waals surface area contributed by atoms with E-state index in [9.17, 15) is 0 Å². The Morgan fingerprint density at radius 1 is 1.35 bits per heavy atom. The third-order valence-electron chi connectivity index (χ3n) is 2.39. The van der Waals surface area contributed by atoms with Crippen LogP contribution in [0.2, 0.25) is 0 Å². The topological polar surface area (TPSA) is 87.5 Å². The zero-order valence-corrected chi connectivity index (χ0v) is 9.83. The maximum Gasteiger partial charge on any atom is 0.160 e. The summed E-state index contributed by atoms with van der Waals surface area (Å²) in [6.45, 7) is -0.0436. The molecule has 1 atom stereocenters. The molecular formula is C11H15N3O3. The summed E-state index contributed by atoms with van der Waals surface area (Å²) in [5.74, 6) is 1.18. The zero-order chi connectivity index (χ0) is 12.7. The predicted molar refractivity (Wildman–Crippen MR) is 63.1 cm³/mol. The van der Waals surface area contributed by atoms with Gasteiger partial charge in [-0.2, -0.15) is 0 Å². The number of hydrogen-bond acceptors (Lipinski definition) is 4. The molecule has 0 amide bonds. The van der Waals surface area contributed by atoms with Gasteiger partial charge in [-0.3, -0.25) is 0 Å². The van der Waals surface area contributed by atoms with Crippen molar-refractivity contribution in [2.45, 2.75) is 12.5 Å². The lowest BCUT2D eigenvalue weighted by Crippen LogP contribution is -1.99. The summed E-state index contributed by atoms with van der Waals surface area (Å²) >= 11 is 0. The summed E-state index contributed by atoms with van der Waals surface area (Å²) in [7, 11) is 3.09. The van der Waals surface area contributed by atoms with Crippen molar-refractivity contribution in [2.75, 3.05) is 20.8 Å². The minimum Gasteiger partial charge on any atom is -0.493 e. The molecule has 1 unspecified atom stereocenters. The van der Waals surface area contributed by atoms with E-state index in [0.717, 1.165) is 5.56 Å². The molecule has 6 heteroatoms. The first-order chi connectivity index (χ1) is 8.26. The maximum absolute atomic E-state index is 8.91. The standard InChI is InChI=1S/C11H15N3O3/c1-16-10-4-3-8(7-11(10)17-2)9(5-6-15)13-14-12/h3-4,7,9,15H,5-6H2,1-2H3. The number of nitrogens with zero attached hydrogens (tertiary/aromatic N) is 3. The van der Waals surface area contributed by atoms with Crippen molar-refractivity contribution in [2.24, 2.45) is 5.11 Å². The molecule has 0 heterocycles. The van der Waals surface area contributed by atoms with Crippen LogP contribution < -0.4 is 9.47 Å². The van der Waals surface area contributed by atoms with E-state index in [2.05, 4.69) is 10.0 Å². The van der Waals surface area contributed by atoms with Crippen LogP contribution in [0.25, 0.3) is 10.4 Å². The highest BCUT2D eigenvalue weighted by Gasteiger charge is 2.12. The number of ether oxygens (including phenoxy) is 2. The van der Waals surface area contributed by atoms with Crippen molar-refractivity contribution >= 4 is 0 Å². The molecule has 0 saturated heterocycles. The molecule has 0 radical (unpaired) electrons. The highest BCUT2D eigenvalue weighted by Crippen LogP contribution is 2.32. The minimum atomic E-state index is -0.398. The Morgan fingerprint density at radius 3 is 2.59 bits per heavy atom. The predicted octanol–water partition coefficient (Wildman–Crippen LogP) is 2.44. The Labute approximate surface area is 99.4 Å². The molecule has 1 rings (SSSR count). The highest BCUT2D eigenvalue weighted by atomic mass is 16.5. The fourth-order valence-electron chi connectivity index (χ4n) is 1.54. The van der Waals surface area contributed by atoms with Crippen LogP contribution in [0, 0.1) is 0 Å². The number of hydrogen-bond donors (Lipinski definition) is 1. The van der Waals surface area contributed by atoms with E-state index < -0.39 is 6.04 Å². The molecule has 92 valence electrons. The van der Waals surface area contributed by atoms with Gasteiger partial charge in [0.15, 0.2) is 11.5 Å². The van der Waals surface area contributed by atoms with Gasteiger partial charge in [0.1, 0.15) is 0 Å². The van der Waals surface area contributed by atoms with Gasteiger partial charge in [-0.05, 0) is 29.6 Å². The number of rotatable bonds is 6. The van der Waals surface area contributed by atoms with Gasteiger partial charge >= 0.3 is 0 Å². The Balaban J connectivity index is 3.07. The summed E-state index contributed by atoms with van der Waals surface area (Å²) < 4.78 is 10.3. The number of aliphatic hydroxyl groups excluding tert-OH is 1. The smallest absolute Gasteiger partial charge is 0.160 e. The second kappa shape index (κ2) is 6.62. The third-order valence-corrected chi connectivity index (χ3v) is 2.39. The molecule has 0 bridgehead atoms. The summed E-state index contributed by atoms with van der Waals surface area (Å²) in [6, 6.07) is 4.88. The molecule has 1 aromatic rings. The Hall–Kier alpha value is -1.91. The van der Waals surface area contributed by atoms with Crippen molar-refractivity contribution < 1.29 is 14.6 Å². The number of benzene rings is 1. The average Bonchev–Trinajstić information content (AvgIpc) is 2.37. The van der Waals surface area contributed by atoms with Gasteiger partial charge < -0.3 is 14.6 Å². The summed E-state index contributed by atoms with van der Waals surface area (Å²) in [5, 5.41) is 12.6. The molecule has 0 aliphatic carbocycles. The first-order valence-electron chi connectivity index (χ1n) is 5.13. The lowest BCUT2D eigenvalue weighted by atomic mass is 10.0. The van der Waals surface area contributed by atoms with Gasteiger partial charge in [0, 0.05) is 11.5 Å². The van der Waals surface area contributed by atoms with Gasteiger partial charge in [-0.25, -0.2) is 0 Å². The molecule has 0 saturated carbocycles. The van der Waals surface area contributed by atoms with E-state index in [1.54, 1.807) is 25.3 Å². The summed E-state index contributed by atoms with van der Waals surface area (Å²) in [4.78, 5) is 2.77. The molecule has 0 spiro atoms. The van der Waals surface area contributed by atoms with Crippen LogP contribution in [-0.4, -0.2) is 25.9 Å². The van der Waals surface area contributed by atoms with Crippen LogP contribution in [0.4, 0.5) is 0 Å². The lowest BCUT2D eigenvalue weighted by molar-refractivity contribution is 0.276. The van der Waals surface area contributed by atoms with Crippen molar-refractivity contribution in [1.29, 1.82) is 0 Å². The first-order valence-corrected chi connectivity index (χ1v) is 5.13. The van der Waals surface area contributed by atoms with Crippen LogP contribution in [0.15, 0.2) is 23.3 Å². The fourth-order valence-corrected chi connectivity index (χ4v) is 1.54. The van der Waals surface area contributed by atoms with Gasteiger partial charge in [0.25, 0.3) is 0 Å².